The van der Waals surface area contributed by atoms with Gasteiger partial charge in [-0.1, -0.05) is 6.07 Å². The van der Waals surface area contributed by atoms with Crippen LogP contribution in [0.5, 0.6) is 5.75 Å². The summed E-state index contributed by atoms with van der Waals surface area (Å²) in [6.07, 6.45) is 2.05. The van der Waals surface area contributed by atoms with E-state index in [4.69, 9.17) is 4.74 Å². The number of piperidine rings is 1. The van der Waals surface area contributed by atoms with Crippen LogP contribution in [0.2, 0.25) is 0 Å². The summed E-state index contributed by atoms with van der Waals surface area (Å²) in [4.78, 5) is 17.2. The highest BCUT2D eigenvalue weighted by Gasteiger charge is 2.29. The number of nitrogens with one attached hydrogen (secondary N) is 1. The topological polar surface area (TPSA) is 61.5 Å². The van der Waals surface area contributed by atoms with E-state index in [2.05, 4.69) is 15.1 Å². The SMILES string of the molecule is O=C(c1cc(COc2cccc(F)c2)[nH]n1)N1CCC(N2CCSCC2)CC1. The number of ether oxygens (including phenoxy) is 1. The Morgan fingerprint density at radius 2 is 2.00 bits per heavy atom. The van der Waals surface area contributed by atoms with Crippen LogP contribution >= 0.6 is 11.8 Å². The molecule has 1 aromatic heterocycles. The molecule has 4 rings (SSSR count). The molecular formula is C20H25FN4O2S. The molecule has 6 nitrogen and oxygen atoms in total. The quantitative estimate of drug-likeness (QED) is 0.830. The molecule has 2 aliphatic rings. The van der Waals surface area contributed by atoms with Crippen LogP contribution in [0.1, 0.15) is 29.0 Å². The number of aromatic amines is 1. The summed E-state index contributed by atoms with van der Waals surface area (Å²) in [5.41, 5.74) is 1.10. The van der Waals surface area contributed by atoms with Crippen molar-refractivity contribution >= 4 is 17.7 Å². The van der Waals surface area contributed by atoms with Gasteiger partial charge in [0.1, 0.15) is 18.2 Å². The van der Waals surface area contributed by atoms with Gasteiger partial charge in [-0.2, -0.15) is 16.9 Å². The normalized spacial score (nSPS) is 19.0. The van der Waals surface area contributed by atoms with Gasteiger partial charge in [0.25, 0.3) is 5.91 Å². The van der Waals surface area contributed by atoms with Crippen molar-refractivity contribution in [3.63, 3.8) is 0 Å². The van der Waals surface area contributed by atoms with Crippen molar-refractivity contribution in [3.8, 4) is 5.75 Å². The highest BCUT2D eigenvalue weighted by molar-refractivity contribution is 7.99. The maximum Gasteiger partial charge on any atom is 0.274 e. The Morgan fingerprint density at radius 1 is 1.21 bits per heavy atom. The number of hydrogen-bond acceptors (Lipinski definition) is 5. The molecule has 0 spiro atoms. The Labute approximate surface area is 168 Å². The standard InChI is InChI=1S/C20H25FN4O2S/c21-15-2-1-3-18(12-15)27-14-16-13-19(23-22-16)20(26)25-6-4-17(5-7-25)24-8-10-28-11-9-24/h1-3,12-13,17H,4-11,14H2,(H,22,23). The molecule has 1 N–H and O–H groups in total. The minimum Gasteiger partial charge on any atom is -0.487 e. The lowest BCUT2D eigenvalue weighted by Crippen LogP contribution is -2.49. The van der Waals surface area contributed by atoms with Gasteiger partial charge in [-0.15, -0.1) is 0 Å². The maximum absolute atomic E-state index is 13.2. The summed E-state index contributed by atoms with van der Waals surface area (Å²) in [6, 6.07) is 8.30. The minimum atomic E-state index is -0.343. The lowest BCUT2D eigenvalue weighted by Gasteiger charge is -2.39. The molecule has 3 heterocycles. The largest absolute Gasteiger partial charge is 0.487 e. The summed E-state index contributed by atoms with van der Waals surface area (Å²) in [5, 5.41) is 6.99. The third-order valence-corrected chi connectivity index (χ3v) is 6.30. The zero-order valence-corrected chi connectivity index (χ0v) is 16.6. The fourth-order valence-corrected chi connectivity index (χ4v) is 4.73. The van der Waals surface area contributed by atoms with Gasteiger partial charge in [-0.3, -0.25) is 14.8 Å². The predicted molar refractivity (Wildman–Crippen MR) is 107 cm³/mol. The minimum absolute atomic E-state index is 0.0408. The average molecular weight is 405 g/mol. The first-order valence-corrected chi connectivity index (χ1v) is 10.9. The van der Waals surface area contributed by atoms with E-state index in [0.29, 0.717) is 23.2 Å². The number of aromatic nitrogens is 2. The van der Waals surface area contributed by atoms with Gasteiger partial charge in [0.15, 0.2) is 5.69 Å². The van der Waals surface area contributed by atoms with E-state index in [9.17, 15) is 9.18 Å². The first-order valence-electron chi connectivity index (χ1n) is 9.73. The number of hydrogen-bond donors (Lipinski definition) is 1. The lowest BCUT2D eigenvalue weighted by atomic mass is 10.0. The number of amides is 1. The molecule has 2 aromatic rings. The Hall–Kier alpha value is -2.06. The molecule has 2 fully saturated rings. The number of H-pyrrole nitrogens is 1. The molecule has 0 aliphatic carbocycles. The highest BCUT2D eigenvalue weighted by atomic mass is 32.2. The lowest BCUT2D eigenvalue weighted by molar-refractivity contribution is 0.0625. The molecule has 0 radical (unpaired) electrons. The first-order chi connectivity index (χ1) is 13.7. The smallest absolute Gasteiger partial charge is 0.274 e. The Balaban J connectivity index is 1.28. The molecule has 1 aromatic carbocycles. The van der Waals surface area contributed by atoms with Crippen molar-refractivity contribution in [1.82, 2.24) is 20.0 Å². The monoisotopic (exact) mass is 404 g/mol. The number of nitrogens with zero attached hydrogens (tertiary/aromatic N) is 3. The van der Waals surface area contributed by atoms with E-state index < -0.39 is 0 Å². The number of carbonyl (C=O) groups is 1. The summed E-state index contributed by atoms with van der Waals surface area (Å²) in [7, 11) is 0. The second-order valence-electron chi connectivity index (χ2n) is 7.20. The highest BCUT2D eigenvalue weighted by Crippen LogP contribution is 2.21. The third-order valence-electron chi connectivity index (χ3n) is 5.35. The van der Waals surface area contributed by atoms with Crippen LogP contribution in [-0.2, 0) is 6.61 Å². The molecule has 28 heavy (non-hydrogen) atoms. The van der Waals surface area contributed by atoms with Crippen molar-refractivity contribution in [2.45, 2.75) is 25.5 Å². The maximum atomic E-state index is 13.2. The van der Waals surface area contributed by atoms with Crippen molar-refractivity contribution in [2.75, 3.05) is 37.7 Å². The van der Waals surface area contributed by atoms with Gasteiger partial charge < -0.3 is 9.64 Å². The number of carbonyl (C=O) groups excluding carboxylic acids is 1. The van der Waals surface area contributed by atoms with Crippen molar-refractivity contribution in [2.24, 2.45) is 0 Å². The molecule has 0 unspecified atom stereocenters. The summed E-state index contributed by atoms with van der Waals surface area (Å²) >= 11 is 2.02. The molecule has 1 amide bonds. The summed E-state index contributed by atoms with van der Waals surface area (Å²) in [5.74, 6) is 2.49. The van der Waals surface area contributed by atoms with E-state index >= 15 is 0 Å². The number of rotatable bonds is 5. The van der Waals surface area contributed by atoms with Crippen molar-refractivity contribution in [1.29, 1.82) is 0 Å². The van der Waals surface area contributed by atoms with Crippen molar-refractivity contribution in [3.05, 3.63) is 47.5 Å². The molecule has 0 bridgehead atoms. The molecule has 2 saturated heterocycles. The van der Waals surface area contributed by atoms with E-state index in [1.54, 1.807) is 18.2 Å². The van der Waals surface area contributed by atoms with Crippen LogP contribution in [-0.4, -0.2) is 69.6 Å². The van der Waals surface area contributed by atoms with E-state index in [0.717, 1.165) is 39.0 Å². The third kappa shape index (κ3) is 4.67. The Bertz CT molecular complexity index is 801. The molecule has 8 heteroatoms. The fourth-order valence-electron chi connectivity index (χ4n) is 3.80. The second-order valence-corrected chi connectivity index (χ2v) is 8.42. The van der Waals surface area contributed by atoms with Gasteiger partial charge in [0.2, 0.25) is 0 Å². The molecule has 0 atom stereocenters. The zero-order chi connectivity index (χ0) is 19.3. The average Bonchev–Trinajstić information content (AvgIpc) is 3.22. The van der Waals surface area contributed by atoms with E-state index in [1.165, 1.54) is 23.6 Å². The summed E-state index contributed by atoms with van der Waals surface area (Å²) in [6.45, 7) is 4.08. The van der Waals surface area contributed by atoms with E-state index in [-0.39, 0.29) is 18.3 Å². The van der Waals surface area contributed by atoms with Gasteiger partial charge in [-0.05, 0) is 31.0 Å². The van der Waals surface area contributed by atoms with Gasteiger partial charge >= 0.3 is 0 Å². The van der Waals surface area contributed by atoms with Crippen LogP contribution < -0.4 is 4.74 Å². The van der Waals surface area contributed by atoms with Gasteiger partial charge in [-0.25, -0.2) is 4.39 Å². The first kappa shape index (κ1) is 19.3. The number of thioether (sulfide) groups is 1. The number of benzene rings is 1. The predicted octanol–water partition coefficient (Wildman–Crippen LogP) is 2.78. The van der Waals surface area contributed by atoms with Crippen LogP contribution in [0.3, 0.4) is 0 Å². The molecule has 150 valence electrons. The molecular weight excluding hydrogens is 379 g/mol. The molecule has 0 saturated carbocycles. The second kappa shape index (κ2) is 8.96. The zero-order valence-electron chi connectivity index (χ0n) is 15.8. The Kier molecular flexibility index (Phi) is 6.17. The van der Waals surface area contributed by atoms with Gasteiger partial charge in [0.05, 0.1) is 5.69 Å². The summed E-state index contributed by atoms with van der Waals surface area (Å²) < 4.78 is 18.8. The van der Waals surface area contributed by atoms with Crippen LogP contribution in [0, 0.1) is 5.82 Å². The van der Waals surface area contributed by atoms with Gasteiger partial charge in [0, 0.05) is 49.8 Å². The number of halogens is 1. The molecule has 2 aliphatic heterocycles. The van der Waals surface area contributed by atoms with Crippen LogP contribution in [0.25, 0.3) is 0 Å². The van der Waals surface area contributed by atoms with Crippen LogP contribution in [0.4, 0.5) is 4.39 Å². The van der Waals surface area contributed by atoms with Crippen LogP contribution in [0.15, 0.2) is 30.3 Å². The van der Waals surface area contributed by atoms with E-state index in [1.807, 2.05) is 16.7 Å². The number of likely N-dealkylation sites (tertiary alicyclic amines) is 1. The van der Waals surface area contributed by atoms with Crippen molar-refractivity contribution < 1.29 is 13.9 Å². The fraction of sp³-hybridized carbons (Fsp3) is 0.500. The Morgan fingerprint density at radius 3 is 2.75 bits per heavy atom.